The minimum Gasteiger partial charge on any atom is -0.481 e. The Morgan fingerprint density at radius 3 is 2.29 bits per heavy atom. The van der Waals surface area contributed by atoms with Crippen LogP contribution in [0.15, 0.2) is 0 Å². The number of carbonyl (C=O) groups excluding carboxylic acids is 2. The smallest absolute Gasteiger partial charge is 0.303 e. The van der Waals surface area contributed by atoms with Gasteiger partial charge in [0.1, 0.15) is 0 Å². The monoisotopic (exact) mass is 295 g/mol. The molecule has 1 atom stereocenters. The molecule has 2 aliphatic rings. The molecule has 1 unspecified atom stereocenters. The van der Waals surface area contributed by atoms with E-state index in [4.69, 9.17) is 5.11 Å². The van der Waals surface area contributed by atoms with Crippen molar-refractivity contribution in [3.05, 3.63) is 0 Å². The number of carbonyl (C=O) groups is 3. The summed E-state index contributed by atoms with van der Waals surface area (Å²) in [5, 5.41) is 8.69. The standard InChI is InChI=1S/C16H25NO4/c1-12(5-6-15(20)21)11-17-13(18)9-16(10-14(17)19)7-3-2-4-8-16/h12H,2-11H2,1H3,(H,20,21). The summed E-state index contributed by atoms with van der Waals surface area (Å²) < 4.78 is 0. The normalized spacial score (nSPS) is 23.4. The van der Waals surface area contributed by atoms with Gasteiger partial charge in [-0.25, -0.2) is 0 Å². The topological polar surface area (TPSA) is 74.7 Å². The van der Waals surface area contributed by atoms with Crippen molar-refractivity contribution in [2.75, 3.05) is 6.54 Å². The lowest BCUT2D eigenvalue weighted by molar-refractivity contribution is -0.155. The van der Waals surface area contributed by atoms with Crippen LogP contribution < -0.4 is 0 Å². The molecule has 118 valence electrons. The molecule has 0 aromatic carbocycles. The fourth-order valence-electron chi connectivity index (χ4n) is 3.67. The Morgan fingerprint density at radius 1 is 1.19 bits per heavy atom. The van der Waals surface area contributed by atoms with Gasteiger partial charge in [-0.1, -0.05) is 26.2 Å². The molecule has 2 fully saturated rings. The van der Waals surface area contributed by atoms with Crippen molar-refractivity contribution in [2.45, 2.75) is 64.7 Å². The molecule has 1 aliphatic heterocycles. The first-order valence-corrected chi connectivity index (χ1v) is 7.97. The number of imide groups is 1. The van der Waals surface area contributed by atoms with Gasteiger partial charge >= 0.3 is 5.97 Å². The Hall–Kier alpha value is -1.39. The highest BCUT2D eigenvalue weighted by Crippen LogP contribution is 2.45. The third kappa shape index (κ3) is 4.05. The number of aliphatic carboxylic acids is 1. The molecule has 2 amide bonds. The molecule has 0 radical (unpaired) electrons. The molecule has 1 N–H and O–H groups in total. The van der Waals surface area contributed by atoms with Crippen molar-refractivity contribution in [1.29, 1.82) is 0 Å². The van der Waals surface area contributed by atoms with Crippen LogP contribution in [-0.4, -0.2) is 34.3 Å². The number of nitrogens with zero attached hydrogens (tertiary/aromatic N) is 1. The van der Waals surface area contributed by atoms with Crippen molar-refractivity contribution < 1.29 is 19.5 Å². The van der Waals surface area contributed by atoms with Gasteiger partial charge in [-0.3, -0.25) is 19.3 Å². The molecule has 1 spiro atoms. The van der Waals surface area contributed by atoms with Crippen LogP contribution in [0.3, 0.4) is 0 Å². The van der Waals surface area contributed by atoms with Gasteiger partial charge in [0, 0.05) is 25.8 Å². The molecule has 1 heterocycles. The number of hydrogen-bond donors (Lipinski definition) is 1. The summed E-state index contributed by atoms with van der Waals surface area (Å²) in [6.45, 7) is 2.26. The predicted octanol–water partition coefficient (Wildman–Crippen LogP) is 2.59. The summed E-state index contributed by atoms with van der Waals surface area (Å²) in [5.74, 6) is -0.917. The molecule has 5 nitrogen and oxygen atoms in total. The molecule has 1 saturated heterocycles. The molecule has 2 rings (SSSR count). The van der Waals surface area contributed by atoms with Gasteiger partial charge in [0.15, 0.2) is 0 Å². The quantitative estimate of drug-likeness (QED) is 0.791. The number of piperidine rings is 1. The summed E-state index contributed by atoms with van der Waals surface area (Å²) in [7, 11) is 0. The third-order valence-corrected chi connectivity index (χ3v) is 4.91. The summed E-state index contributed by atoms with van der Waals surface area (Å²) in [6.07, 6.45) is 7.00. The van der Waals surface area contributed by atoms with Gasteiger partial charge in [0.2, 0.25) is 11.8 Å². The Kier molecular flexibility index (Phi) is 5.01. The summed E-state index contributed by atoms with van der Waals surface area (Å²) >= 11 is 0. The largest absolute Gasteiger partial charge is 0.481 e. The SMILES string of the molecule is CC(CCC(=O)O)CN1C(=O)CC2(CCCCC2)CC1=O. The zero-order valence-corrected chi connectivity index (χ0v) is 12.8. The highest BCUT2D eigenvalue weighted by molar-refractivity contribution is 5.98. The zero-order valence-electron chi connectivity index (χ0n) is 12.8. The van der Waals surface area contributed by atoms with Crippen LogP contribution >= 0.6 is 0 Å². The number of rotatable bonds is 5. The van der Waals surface area contributed by atoms with Gasteiger partial charge in [-0.05, 0) is 30.6 Å². The third-order valence-electron chi connectivity index (χ3n) is 4.91. The molecule has 0 bridgehead atoms. The zero-order chi connectivity index (χ0) is 15.5. The number of likely N-dealkylation sites (tertiary alicyclic amines) is 1. The predicted molar refractivity (Wildman–Crippen MR) is 77.5 cm³/mol. The average molecular weight is 295 g/mol. The van der Waals surface area contributed by atoms with E-state index in [0.717, 1.165) is 25.7 Å². The molecule has 0 aromatic rings. The number of carboxylic acids is 1. The lowest BCUT2D eigenvalue weighted by Crippen LogP contribution is -2.49. The number of amides is 2. The fourth-order valence-corrected chi connectivity index (χ4v) is 3.67. The summed E-state index contributed by atoms with van der Waals surface area (Å²) in [6, 6.07) is 0. The lowest BCUT2D eigenvalue weighted by Gasteiger charge is -2.42. The second kappa shape index (κ2) is 6.58. The van der Waals surface area contributed by atoms with Gasteiger partial charge in [-0.2, -0.15) is 0 Å². The lowest BCUT2D eigenvalue weighted by atomic mass is 9.67. The van der Waals surface area contributed by atoms with E-state index in [2.05, 4.69) is 0 Å². The van der Waals surface area contributed by atoms with Crippen LogP contribution in [0.25, 0.3) is 0 Å². The van der Waals surface area contributed by atoms with Gasteiger partial charge in [0.25, 0.3) is 0 Å². The Bertz CT molecular complexity index is 406. The highest BCUT2D eigenvalue weighted by Gasteiger charge is 2.44. The van der Waals surface area contributed by atoms with Crippen LogP contribution in [0.1, 0.15) is 64.7 Å². The van der Waals surface area contributed by atoms with E-state index in [1.54, 1.807) is 0 Å². The van der Waals surface area contributed by atoms with Crippen LogP contribution in [0.2, 0.25) is 0 Å². The maximum atomic E-state index is 12.3. The van der Waals surface area contributed by atoms with E-state index in [1.165, 1.54) is 11.3 Å². The van der Waals surface area contributed by atoms with Gasteiger partial charge < -0.3 is 5.11 Å². The van der Waals surface area contributed by atoms with E-state index in [0.29, 0.717) is 25.8 Å². The second-order valence-corrected chi connectivity index (χ2v) is 6.85. The Balaban J connectivity index is 1.92. The maximum Gasteiger partial charge on any atom is 0.303 e. The Labute approximate surface area is 125 Å². The Morgan fingerprint density at radius 2 is 1.76 bits per heavy atom. The molecule has 1 aliphatic carbocycles. The van der Waals surface area contributed by atoms with Crippen molar-refractivity contribution in [3.8, 4) is 0 Å². The molecular formula is C16H25NO4. The van der Waals surface area contributed by atoms with E-state index >= 15 is 0 Å². The first-order chi connectivity index (χ1) is 9.92. The van der Waals surface area contributed by atoms with Crippen LogP contribution in [-0.2, 0) is 14.4 Å². The van der Waals surface area contributed by atoms with Crippen molar-refractivity contribution in [3.63, 3.8) is 0 Å². The molecule has 1 saturated carbocycles. The van der Waals surface area contributed by atoms with Gasteiger partial charge in [0.05, 0.1) is 0 Å². The minimum atomic E-state index is -0.834. The fraction of sp³-hybridized carbons (Fsp3) is 0.812. The van der Waals surface area contributed by atoms with E-state index in [9.17, 15) is 14.4 Å². The first kappa shape index (κ1) is 16.0. The molecule has 5 heteroatoms. The molecule has 21 heavy (non-hydrogen) atoms. The van der Waals surface area contributed by atoms with Crippen LogP contribution in [0.4, 0.5) is 0 Å². The molecule has 0 aromatic heterocycles. The van der Waals surface area contributed by atoms with E-state index in [1.807, 2.05) is 6.92 Å². The second-order valence-electron chi connectivity index (χ2n) is 6.85. The first-order valence-electron chi connectivity index (χ1n) is 7.97. The van der Waals surface area contributed by atoms with Crippen molar-refractivity contribution >= 4 is 17.8 Å². The number of carboxylic acid groups (broad SMARTS) is 1. The summed E-state index contributed by atoms with van der Waals surface area (Å²) in [5.41, 5.74) is -0.0762. The average Bonchev–Trinajstić information content (AvgIpc) is 2.41. The van der Waals surface area contributed by atoms with E-state index in [-0.39, 0.29) is 29.6 Å². The maximum absolute atomic E-state index is 12.3. The van der Waals surface area contributed by atoms with E-state index < -0.39 is 5.97 Å². The van der Waals surface area contributed by atoms with Crippen molar-refractivity contribution in [1.82, 2.24) is 4.90 Å². The van der Waals surface area contributed by atoms with Crippen LogP contribution in [0.5, 0.6) is 0 Å². The minimum absolute atomic E-state index is 0.0365. The summed E-state index contributed by atoms with van der Waals surface area (Å²) in [4.78, 5) is 36.6. The van der Waals surface area contributed by atoms with Crippen molar-refractivity contribution in [2.24, 2.45) is 11.3 Å². The highest BCUT2D eigenvalue weighted by atomic mass is 16.4. The van der Waals surface area contributed by atoms with Gasteiger partial charge in [-0.15, -0.1) is 0 Å². The number of hydrogen-bond acceptors (Lipinski definition) is 3. The van der Waals surface area contributed by atoms with Crippen LogP contribution in [0, 0.1) is 11.3 Å². The molecular weight excluding hydrogens is 270 g/mol.